The summed E-state index contributed by atoms with van der Waals surface area (Å²) < 4.78 is 7.52. The summed E-state index contributed by atoms with van der Waals surface area (Å²) in [6.45, 7) is 1.68. The molecule has 0 aliphatic heterocycles. The van der Waals surface area contributed by atoms with Crippen molar-refractivity contribution < 1.29 is 24.6 Å². The Morgan fingerprint density at radius 3 is 1.20 bits per heavy atom. The number of aromatic nitrogens is 9. The molecule has 0 spiro atoms. The summed E-state index contributed by atoms with van der Waals surface area (Å²) in [6, 6.07) is 28.2. The molecule has 0 saturated carbocycles. The Morgan fingerprint density at radius 1 is 0.578 bits per heavy atom. The zero-order chi connectivity index (χ0) is 45.8. The van der Waals surface area contributed by atoms with Crippen LogP contribution in [0.2, 0.25) is 0 Å². The van der Waals surface area contributed by atoms with Gasteiger partial charge in [0, 0.05) is 38.2 Å². The van der Waals surface area contributed by atoms with E-state index in [0.717, 1.165) is 52.9 Å². The summed E-state index contributed by atoms with van der Waals surface area (Å²) in [4.78, 5) is 44.5. The first-order valence-electron chi connectivity index (χ1n) is 17.8. The second kappa shape index (κ2) is 26.4. The van der Waals surface area contributed by atoms with E-state index in [9.17, 15) is 14.4 Å². The van der Waals surface area contributed by atoms with Gasteiger partial charge in [-0.05, 0) is 125 Å². The number of hydrogen-bond acceptors (Lipinski definition) is 7. The number of alkyl halides is 3. The van der Waals surface area contributed by atoms with E-state index < -0.39 is 0 Å². The summed E-state index contributed by atoms with van der Waals surface area (Å²) in [5, 5.41) is 22.6. The van der Waals surface area contributed by atoms with Gasteiger partial charge in [-0.1, -0.05) is 100 Å². The van der Waals surface area contributed by atoms with E-state index in [1.165, 1.54) is 4.52 Å². The van der Waals surface area contributed by atoms with E-state index in [-0.39, 0.29) is 52.1 Å². The topological polar surface area (TPSA) is 171 Å². The Labute approximate surface area is 446 Å². The molecule has 0 fully saturated rings. The van der Waals surface area contributed by atoms with Crippen molar-refractivity contribution in [2.24, 2.45) is 0 Å². The minimum Gasteiger partial charge on any atom is -0.390 e. The molecular formula is C40H31Br7Cl2N9O4PZn. The van der Waals surface area contributed by atoms with Crippen molar-refractivity contribution in [3.05, 3.63) is 171 Å². The van der Waals surface area contributed by atoms with Crippen LogP contribution in [0.5, 0.6) is 0 Å². The normalized spacial score (nSPS) is 10.5. The molecule has 0 bridgehead atoms. The molecule has 330 valence electrons. The number of aliphatic hydroxyl groups is 1. The first kappa shape index (κ1) is 54.5. The quantitative estimate of drug-likeness (QED) is 0.0755. The molecule has 24 heteroatoms. The van der Waals surface area contributed by atoms with Crippen LogP contribution in [0.15, 0.2) is 137 Å². The molecule has 0 atom stereocenters. The Morgan fingerprint density at radius 2 is 0.875 bits per heavy atom. The Bertz CT molecular complexity index is 2970. The van der Waals surface area contributed by atoms with Gasteiger partial charge < -0.3 is 20.1 Å². The Balaban J connectivity index is 0.000000194. The number of aromatic amines is 3. The average molecular weight is 1430 g/mol. The van der Waals surface area contributed by atoms with Gasteiger partial charge in [0.25, 0.3) is 16.7 Å². The fourth-order valence-corrected chi connectivity index (χ4v) is 6.77. The van der Waals surface area contributed by atoms with E-state index in [1.54, 1.807) is 33.4 Å². The van der Waals surface area contributed by atoms with Crippen molar-refractivity contribution in [3.63, 3.8) is 0 Å². The summed E-state index contributed by atoms with van der Waals surface area (Å²) in [5.74, 6) is 0. The number of fused-ring (bicyclic) bond motifs is 3. The smallest absolute Gasteiger partial charge is 0.274 e. The van der Waals surface area contributed by atoms with Crippen molar-refractivity contribution in [2.75, 3.05) is 5.34 Å². The van der Waals surface area contributed by atoms with Crippen LogP contribution in [0.4, 0.5) is 0 Å². The van der Waals surface area contributed by atoms with E-state index in [2.05, 4.69) is 140 Å². The average Bonchev–Trinajstić information content (AvgIpc) is 3.99. The van der Waals surface area contributed by atoms with Crippen molar-refractivity contribution in [1.29, 1.82) is 0 Å². The van der Waals surface area contributed by atoms with Crippen molar-refractivity contribution in [2.45, 2.75) is 18.9 Å². The van der Waals surface area contributed by atoms with Crippen LogP contribution in [0.25, 0.3) is 50.3 Å². The molecule has 6 heterocycles. The minimum absolute atomic E-state index is 0. The molecule has 0 aliphatic rings. The number of benzene rings is 3. The molecule has 3 aromatic carbocycles. The van der Waals surface area contributed by atoms with Gasteiger partial charge in [0.2, 0.25) is 0 Å². The second-order valence-electron chi connectivity index (χ2n) is 12.6. The van der Waals surface area contributed by atoms with E-state index in [4.69, 9.17) is 28.3 Å². The maximum absolute atomic E-state index is 12.0. The summed E-state index contributed by atoms with van der Waals surface area (Å²) in [7, 11) is 0. The second-order valence-corrected chi connectivity index (χ2v) is 32.1. The molecular weight excluding hydrogens is 1400 g/mol. The molecule has 6 aromatic heterocycles. The van der Waals surface area contributed by atoms with Crippen molar-refractivity contribution >= 4 is 154 Å². The van der Waals surface area contributed by atoms with Crippen LogP contribution in [-0.4, -0.2) is 54.2 Å². The molecule has 64 heavy (non-hydrogen) atoms. The zero-order valence-corrected chi connectivity index (χ0v) is 49.4. The van der Waals surface area contributed by atoms with Gasteiger partial charge in [-0.2, -0.15) is 15.3 Å². The predicted molar refractivity (Wildman–Crippen MR) is 280 cm³/mol. The maximum Gasteiger partial charge on any atom is 0.274 e. The molecule has 0 radical (unpaired) electrons. The molecule has 9 rings (SSSR count). The van der Waals surface area contributed by atoms with Gasteiger partial charge in [0.05, 0.1) is 64.7 Å². The SMILES string of the molecule is BrP(Br)Br.Cc1cc2c(=O)[nH]c(-c3ccc(Br)cc3)cn2n1.ClCCl.O=c1[nH]c(-c2ccc(Br)cc2)cn2nc(CBr)cc12.O=c1[nH]c(-c2ccc(Br)cc2)cn2nc(CO)cc12.[Zn]. The number of aryl methyl sites for hydroxylation is 1. The van der Waals surface area contributed by atoms with Gasteiger partial charge in [-0.3, -0.25) is 14.4 Å². The number of hydrogen-bond donors (Lipinski definition) is 4. The third-order valence-electron chi connectivity index (χ3n) is 8.39. The third-order valence-corrected chi connectivity index (χ3v) is 10.6. The third kappa shape index (κ3) is 15.5. The largest absolute Gasteiger partial charge is 0.390 e. The van der Waals surface area contributed by atoms with Crippen LogP contribution >= 0.6 is 137 Å². The van der Waals surface area contributed by atoms with Crippen LogP contribution in [0, 0.1) is 6.92 Å². The number of rotatable bonds is 5. The molecule has 4 N–H and O–H groups in total. The standard InChI is InChI=1S/C13H9Br2N3O.C13H10BrN3O2.C13H10BrN3O.CH2Cl2.Br3P.Zn/c14-6-10-5-12-13(19)16-11(7-18(12)17-10)8-1-3-9(15)4-2-8;14-9-3-1-8(2-4-9)11-6-17-12(13(19)15-11)5-10(7-18)16-17;1-8-6-12-13(18)15-11(7-17(12)16-8)9-2-4-10(14)5-3-9;2-1-3;1-4(2)3;/h1-5,7H,6H2,(H,16,19);1-6,18H,7H2,(H,15,19);2-7H,1H3,(H,15,18);1H2;;. The number of aliphatic hydroxyl groups excluding tert-OH is 1. The van der Waals surface area contributed by atoms with Gasteiger partial charge in [-0.15, -0.1) is 23.2 Å². The fraction of sp³-hybridized carbons (Fsp3) is 0.100. The first-order chi connectivity index (χ1) is 30.1. The van der Waals surface area contributed by atoms with Gasteiger partial charge >= 0.3 is 0 Å². The van der Waals surface area contributed by atoms with Crippen molar-refractivity contribution in [3.8, 4) is 33.8 Å². The van der Waals surface area contributed by atoms with Crippen LogP contribution in [-0.2, 0) is 31.4 Å². The van der Waals surface area contributed by atoms with Gasteiger partial charge in [-0.25, -0.2) is 13.5 Å². The number of nitrogens with zero attached hydrogens (tertiary/aromatic N) is 6. The summed E-state index contributed by atoms with van der Waals surface area (Å²) in [6.07, 6.45) is 5.39. The minimum atomic E-state index is -0.229. The zero-order valence-electron chi connectivity index (χ0n) is 32.9. The number of H-pyrrole nitrogens is 3. The fourth-order valence-electron chi connectivity index (χ4n) is 5.70. The molecule has 0 aliphatic carbocycles. The van der Waals surface area contributed by atoms with Gasteiger partial charge in [0.15, 0.2) is 0 Å². The Hall–Kier alpha value is -2.13. The molecule has 0 saturated heterocycles. The Kier molecular flexibility index (Phi) is 22.5. The first-order valence-corrected chi connectivity index (χ1v) is 29.8. The van der Waals surface area contributed by atoms with E-state index >= 15 is 0 Å². The number of nitrogens with one attached hydrogen (secondary N) is 3. The van der Waals surface area contributed by atoms with E-state index in [1.807, 2.05) is 92.1 Å². The maximum atomic E-state index is 12.0. The molecule has 9 aromatic rings. The van der Waals surface area contributed by atoms with Gasteiger partial charge in [0.1, 0.15) is 20.6 Å². The molecule has 13 nitrogen and oxygen atoms in total. The molecule has 0 amide bonds. The monoisotopic (exact) mass is 1420 g/mol. The predicted octanol–water partition coefficient (Wildman–Crippen LogP) is 12.9. The van der Waals surface area contributed by atoms with Crippen LogP contribution in [0.3, 0.4) is 0 Å². The van der Waals surface area contributed by atoms with E-state index in [0.29, 0.717) is 33.3 Å². The van der Waals surface area contributed by atoms with Crippen LogP contribution < -0.4 is 16.7 Å². The molecule has 0 unspecified atom stereocenters. The van der Waals surface area contributed by atoms with Crippen molar-refractivity contribution in [1.82, 2.24) is 43.8 Å². The number of halogens is 9. The summed E-state index contributed by atoms with van der Waals surface area (Å²) in [5.41, 5.74) is 8.13. The van der Waals surface area contributed by atoms with Crippen LogP contribution in [0.1, 0.15) is 17.1 Å². The summed E-state index contributed by atoms with van der Waals surface area (Å²) >= 11 is 32.5.